The molecule has 2 heterocycles. The first-order chi connectivity index (χ1) is 16.6. The number of primary amides is 1. The summed E-state index contributed by atoms with van der Waals surface area (Å²) in [6.45, 7) is 0.333. The molecule has 1 aliphatic carbocycles. The molecule has 34 heavy (non-hydrogen) atoms. The summed E-state index contributed by atoms with van der Waals surface area (Å²) in [4.78, 5) is 26.7. The minimum absolute atomic E-state index is 0.0154. The third-order valence-corrected chi connectivity index (χ3v) is 7.46. The molecule has 0 saturated carbocycles. The number of hydrogen-bond acceptors (Lipinski definition) is 3. The zero-order valence-corrected chi connectivity index (χ0v) is 18.8. The van der Waals surface area contributed by atoms with Gasteiger partial charge in [-0.15, -0.1) is 0 Å². The molecule has 1 saturated heterocycles. The van der Waals surface area contributed by atoms with E-state index in [1.807, 2.05) is 35.2 Å². The number of benzene rings is 3. The SMILES string of the molecule is NC(=O)c1cccc(C2=CC3CCC(C2)N3C(=O)OCC2c3ccccc3-c3ccccc32)c1. The fourth-order valence-corrected chi connectivity index (χ4v) is 5.87. The van der Waals surface area contributed by atoms with Crippen LogP contribution in [0.4, 0.5) is 4.79 Å². The lowest BCUT2D eigenvalue weighted by molar-refractivity contribution is 0.0866. The molecule has 2 N–H and O–H groups in total. The lowest BCUT2D eigenvalue weighted by Gasteiger charge is -2.33. The van der Waals surface area contributed by atoms with Gasteiger partial charge in [0.15, 0.2) is 0 Å². The van der Waals surface area contributed by atoms with Crippen molar-refractivity contribution in [1.82, 2.24) is 4.90 Å². The highest BCUT2D eigenvalue weighted by Crippen LogP contribution is 2.45. The van der Waals surface area contributed by atoms with Crippen LogP contribution < -0.4 is 5.73 Å². The number of hydrogen-bond donors (Lipinski definition) is 1. The highest BCUT2D eigenvalue weighted by Gasteiger charge is 2.41. The molecule has 3 aromatic carbocycles. The summed E-state index contributed by atoms with van der Waals surface area (Å²) < 4.78 is 5.95. The van der Waals surface area contributed by atoms with Crippen molar-refractivity contribution in [2.75, 3.05) is 6.61 Å². The summed E-state index contributed by atoms with van der Waals surface area (Å²) in [6.07, 6.45) is 4.54. The molecule has 5 heteroatoms. The van der Waals surface area contributed by atoms with Crippen molar-refractivity contribution in [2.24, 2.45) is 5.73 Å². The zero-order valence-electron chi connectivity index (χ0n) is 18.8. The van der Waals surface area contributed by atoms with E-state index in [0.717, 1.165) is 24.8 Å². The second-order valence-electron chi connectivity index (χ2n) is 9.35. The number of carbonyl (C=O) groups excluding carboxylic acids is 2. The zero-order chi connectivity index (χ0) is 23.2. The number of rotatable bonds is 4. The van der Waals surface area contributed by atoms with Crippen molar-refractivity contribution in [1.29, 1.82) is 0 Å². The average Bonchev–Trinajstić information content (AvgIpc) is 3.33. The van der Waals surface area contributed by atoms with Crippen LogP contribution in [0.15, 0.2) is 78.9 Å². The first-order valence-corrected chi connectivity index (χ1v) is 11.8. The molecule has 3 aromatic rings. The largest absolute Gasteiger partial charge is 0.448 e. The Morgan fingerprint density at radius 2 is 1.62 bits per heavy atom. The van der Waals surface area contributed by atoms with Crippen LogP contribution in [-0.4, -0.2) is 35.6 Å². The van der Waals surface area contributed by atoms with E-state index in [-0.39, 0.29) is 24.1 Å². The second-order valence-corrected chi connectivity index (χ2v) is 9.35. The van der Waals surface area contributed by atoms with Crippen LogP contribution in [0.25, 0.3) is 16.7 Å². The van der Waals surface area contributed by atoms with Gasteiger partial charge in [0.2, 0.25) is 5.91 Å². The fourth-order valence-electron chi connectivity index (χ4n) is 5.87. The van der Waals surface area contributed by atoms with Crippen LogP contribution >= 0.6 is 0 Å². The first kappa shape index (κ1) is 20.7. The summed E-state index contributed by atoms with van der Waals surface area (Å²) in [5.74, 6) is -0.372. The number of nitrogens with zero attached hydrogens (tertiary/aromatic N) is 1. The maximum atomic E-state index is 13.2. The standard InChI is InChI=1S/C29H26N2O3/c30-28(32)19-7-5-6-18(14-19)20-15-21-12-13-22(16-20)31(21)29(33)34-17-27-25-10-3-1-8-23(25)24-9-2-4-11-26(24)27/h1-11,14-15,21-22,27H,12-13,16-17H2,(H2,30,32). The Labute approximate surface area is 198 Å². The molecule has 2 atom stereocenters. The van der Waals surface area contributed by atoms with E-state index in [1.54, 1.807) is 6.07 Å². The molecule has 170 valence electrons. The van der Waals surface area contributed by atoms with E-state index in [4.69, 9.17) is 10.5 Å². The fraction of sp³-hybridized carbons (Fsp3) is 0.241. The normalized spacial score (nSPS) is 20.5. The van der Waals surface area contributed by atoms with E-state index >= 15 is 0 Å². The molecule has 0 spiro atoms. The van der Waals surface area contributed by atoms with Gasteiger partial charge in [0, 0.05) is 17.5 Å². The van der Waals surface area contributed by atoms with E-state index in [0.29, 0.717) is 12.2 Å². The van der Waals surface area contributed by atoms with Crippen LogP contribution in [-0.2, 0) is 4.74 Å². The number of fused-ring (bicyclic) bond motifs is 5. The third kappa shape index (κ3) is 3.39. The summed E-state index contributed by atoms with van der Waals surface area (Å²) in [5, 5.41) is 0. The van der Waals surface area contributed by atoms with Gasteiger partial charge in [-0.2, -0.15) is 0 Å². The average molecular weight is 451 g/mol. The third-order valence-electron chi connectivity index (χ3n) is 7.46. The maximum Gasteiger partial charge on any atom is 0.410 e. The Bertz CT molecular complexity index is 1280. The highest BCUT2D eigenvalue weighted by atomic mass is 16.6. The summed E-state index contributed by atoms with van der Waals surface area (Å²) in [5.41, 5.74) is 13.0. The van der Waals surface area contributed by atoms with Crippen molar-refractivity contribution < 1.29 is 14.3 Å². The van der Waals surface area contributed by atoms with E-state index in [1.165, 1.54) is 27.8 Å². The van der Waals surface area contributed by atoms with E-state index in [9.17, 15) is 9.59 Å². The lowest BCUT2D eigenvalue weighted by Crippen LogP contribution is -2.43. The smallest absolute Gasteiger partial charge is 0.410 e. The lowest BCUT2D eigenvalue weighted by atomic mass is 9.94. The van der Waals surface area contributed by atoms with Crippen LogP contribution in [0.3, 0.4) is 0 Å². The quantitative estimate of drug-likeness (QED) is 0.582. The van der Waals surface area contributed by atoms with Gasteiger partial charge in [-0.25, -0.2) is 4.79 Å². The minimum atomic E-state index is -0.429. The molecular weight excluding hydrogens is 424 g/mol. The minimum Gasteiger partial charge on any atom is -0.448 e. The monoisotopic (exact) mass is 450 g/mol. The van der Waals surface area contributed by atoms with Gasteiger partial charge in [0.25, 0.3) is 0 Å². The molecule has 0 aromatic heterocycles. The van der Waals surface area contributed by atoms with Crippen LogP contribution in [0.5, 0.6) is 0 Å². The molecule has 2 amide bonds. The number of ether oxygens (including phenoxy) is 1. The van der Waals surface area contributed by atoms with Gasteiger partial charge in [-0.05, 0) is 64.8 Å². The van der Waals surface area contributed by atoms with Crippen LogP contribution in [0.2, 0.25) is 0 Å². The van der Waals surface area contributed by atoms with Crippen molar-refractivity contribution in [2.45, 2.75) is 37.3 Å². The van der Waals surface area contributed by atoms with Gasteiger partial charge in [0.05, 0.1) is 6.04 Å². The summed E-state index contributed by atoms with van der Waals surface area (Å²) >= 11 is 0. The predicted molar refractivity (Wildman–Crippen MR) is 131 cm³/mol. The molecule has 3 aliphatic rings. The molecule has 2 bridgehead atoms. The van der Waals surface area contributed by atoms with Crippen molar-refractivity contribution in [3.8, 4) is 11.1 Å². The summed E-state index contributed by atoms with van der Waals surface area (Å²) in [7, 11) is 0. The predicted octanol–water partition coefficient (Wildman–Crippen LogP) is 5.35. The maximum absolute atomic E-state index is 13.2. The van der Waals surface area contributed by atoms with Crippen LogP contribution in [0.1, 0.15) is 52.2 Å². The molecule has 0 radical (unpaired) electrons. The van der Waals surface area contributed by atoms with Gasteiger partial charge >= 0.3 is 6.09 Å². The van der Waals surface area contributed by atoms with Gasteiger partial charge in [0.1, 0.15) is 6.61 Å². The molecule has 2 unspecified atom stereocenters. The Balaban J connectivity index is 1.20. The highest BCUT2D eigenvalue weighted by molar-refractivity contribution is 5.93. The Morgan fingerprint density at radius 3 is 2.29 bits per heavy atom. The van der Waals surface area contributed by atoms with Crippen molar-refractivity contribution >= 4 is 17.6 Å². The van der Waals surface area contributed by atoms with Gasteiger partial charge in [-0.3, -0.25) is 9.69 Å². The van der Waals surface area contributed by atoms with Gasteiger partial charge < -0.3 is 10.5 Å². The van der Waals surface area contributed by atoms with Crippen LogP contribution in [0, 0.1) is 0 Å². The van der Waals surface area contributed by atoms with Crippen molar-refractivity contribution in [3.05, 3.63) is 101 Å². The van der Waals surface area contributed by atoms with E-state index in [2.05, 4.69) is 42.5 Å². The molecular formula is C29H26N2O3. The van der Waals surface area contributed by atoms with E-state index < -0.39 is 5.91 Å². The number of carbonyl (C=O) groups is 2. The summed E-state index contributed by atoms with van der Waals surface area (Å²) in [6, 6.07) is 24.3. The topological polar surface area (TPSA) is 72.6 Å². The number of nitrogens with two attached hydrogens (primary N) is 1. The molecule has 6 rings (SSSR count). The molecule has 1 fully saturated rings. The Morgan fingerprint density at radius 1 is 0.912 bits per heavy atom. The molecule has 5 nitrogen and oxygen atoms in total. The Hall–Kier alpha value is -3.86. The van der Waals surface area contributed by atoms with Gasteiger partial charge in [-0.1, -0.05) is 66.7 Å². The number of amides is 2. The van der Waals surface area contributed by atoms with Crippen molar-refractivity contribution in [3.63, 3.8) is 0 Å². The first-order valence-electron chi connectivity index (χ1n) is 11.8. The second kappa shape index (κ2) is 8.17. The molecule has 2 aliphatic heterocycles. The Kier molecular flexibility index (Phi) is 4.98.